The molecule has 0 aliphatic heterocycles. The Hall–Kier alpha value is -2.18. The molecule has 0 aliphatic carbocycles. The van der Waals surface area contributed by atoms with E-state index in [9.17, 15) is 4.55 Å². The monoisotopic (exact) mass is 301 g/mol. The number of hydrogen-bond donors (Lipinski definition) is 2. The van der Waals surface area contributed by atoms with Crippen molar-refractivity contribution in [2.75, 3.05) is 12.8 Å². The molecule has 0 bridgehead atoms. The number of imidazole rings is 1. The zero-order chi connectivity index (χ0) is 14.8. The fraction of sp³-hybridized carbons (Fsp3) is 0.133. The number of benzene rings is 2. The first-order valence-corrected chi connectivity index (χ1v) is 7.75. The average molecular weight is 301 g/mol. The molecule has 0 aliphatic rings. The van der Waals surface area contributed by atoms with Crippen LogP contribution in [0.15, 0.2) is 47.6 Å². The van der Waals surface area contributed by atoms with E-state index in [0.29, 0.717) is 22.3 Å². The van der Waals surface area contributed by atoms with Gasteiger partial charge in [-0.2, -0.15) is 4.98 Å². The normalized spacial score (nSPS) is 12.5. The van der Waals surface area contributed by atoms with Crippen molar-refractivity contribution in [2.45, 2.75) is 10.9 Å². The van der Waals surface area contributed by atoms with Crippen LogP contribution < -0.4 is 10.5 Å². The van der Waals surface area contributed by atoms with E-state index in [2.05, 4.69) is 9.97 Å². The van der Waals surface area contributed by atoms with Crippen LogP contribution in [-0.4, -0.2) is 21.6 Å². The van der Waals surface area contributed by atoms with Gasteiger partial charge in [-0.15, -0.1) is 0 Å². The predicted octanol–water partition coefficient (Wildman–Crippen LogP) is 2.46. The number of aromatic amines is 1. The zero-order valence-corrected chi connectivity index (χ0v) is 12.3. The maximum Gasteiger partial charge on any atom is 0.321 e. The maximum absolute atomic E-state index is 12.5. The second-order valence-corrected chi connectivity index (χ2v) is 5.98. The minimum atomic E-state index is -1.29. The lowest BCUT2D eigenvalue weighted by molar-refractivity contribution is 0.414. The second-order valence-electron chi connectivity index (χ2n) is 4.61. The molecular formula is C15H15N3O2S. The van der Waals surface area contributed by atoms with E-state index in [0.717, 1.165) is 16.6 Å². The first-order valence-electron chi connectivity index (χ1n) is 6.43. The van der Waals surface area contributed by atoms with Crippen LogP contribution in [0.5, 0.6) is 5.75 Å². The standard InChI is InChI=1S/C15H15N3O2S/c1-20-11-6-7-12(16)10(8-11)9-21(19)15-17-13-4-2-3-5-14(13)18-15/h2-8H,9,16H2,1H3,(H,17,18). The quantitative estimate of drug-likeness (QED) is 0.572. The van der Waals surface area contributed by atoms with Crippen LogP contribution in [0, 0.1) is 0 Å². The Morgan fingerprint density at radius 1 is 1.29 bits per heavy atom. The molecule has 0 radical (unpaired) electrons. The first kappa shape index (κ1) is 13.8. The number of para-hydroxylation sites is 2. The molecule has 2 aromatic carbocycles. The zero-order valence-electron chi connectivity index (χ0n) is 11.5. The Morgan fingerprint density at radius 3 is 2.86 bits per heavy atom. The molecule has 3 N–H and O–H groups in total. The van der Waals surface area contributed by atoms with Crippen molar-refractivity contribution in [3.63, 3.8) is 0 Å². The number of rotatable bonds is 4. The van der Waals surface area contributed by atoms with E-state index in [1.165, 1.54) is 0 Å². The Labute approximate surface area is 125 Å². The summed E-state index contributed by atoms with van der Waals surface area (Å²) in [6.07, 6.45) is 0. The number of nitrogen functional groups attached to an aromatic ring is 1. The molecule has 0 saturated carbocycles. The highest BCUT2D eigenvalue weighted by molar-refractivity contribution is 7.90. The van der Waals surface area contributed by atoms with Crippen molar-refractivity contribution in [2.24, 2.45) is 0 Å². The van der Waals surface area contributed by atoms with E-state index in [1.807, 2.05) is 24.3 Å². The number of nitrogens with zero attached hydrogens (tertiary/aromatic N) is 1. The fourth-order valence-electron chi connectivity index (χ4n) is 2.08. The van der Waals surface area contributed by atoms with Crippen molar-refractivity contribution >= 4 is 27.9 Å². The van der Waals surface area contributed by atoms with Crippen LogP contribution in [0.2, 0.25) is 0 Å². The summed E-state index contributed by atoms with van der Waals surface area (Å²) in [6, 6.07) is 12.9. The maximum atomic E-state index is 12.5. The summed E-state index contributed by atoms with van der Waals surface area (Å²) in [4.78, 5) is 7.43. The summed E-state index contributed by atoms with van der Waals surface area (Å²) >= 11 is -1.29. The summed E-state index contributed by atoms with van der Waals surface area (Å²) < 4.78 is 17.6. The van der Waals surface area contributed by atoms with Crippen molar-refractivity contribution < 1.29 is 9.29 Å². The molecule has 0 spiro atoms. The molecule has 0 fully saturated rings. The topological polar surface area (TPSA) is 87.0 Å². The molecule has 108 valence electrons. The van der Waals surface area contributed by atoms with Crippen LogP contribution in [-0.2, 0) is 16.9 Å². The lowest BCUT2D eigenvalue weighted by atomic mass is 10.2. The summed E-state index contributed by atoms with van der Waals surface area (Å²) in [6.45, 7) is 0. The van der Waals surface area contributed by atoms with Gasteiger partial charge in [0.2, 0.25) is 0 Å². The van der Waals surface area contributed by atoms with Gasteiger partial charge in [0.25, 0.3) is 0 Å². The van der Waals surface area contributed by atoms with Gasteiger partial charge in [-0.3, -0.25) is 4.98 Å². The van der Waals surface area contributed by atoms with Gasteiger partial charge < -0.3 is 15.0 Å². The number of anilines is 1. The molecule has 3 rings (SSSR count). The van der Waals surface area contributed by atoms with Gasteiger partial charge in [0.1, 0.15) is 11.5 Å². The van der Waals surface area contributed by atoms with Crippen LogP contribution >= 0.6 is 0 Å². The number of aromatic nitrogens is 2. The van der Waals surface area contributed by atoms with Crippen molar-refractivity contribution in [3.8, 4) is 5.75 Å². The lowest BCUT2D eigenvalue weighted by Crippen LogP contribution is -2.09. The highest BCUT2D eigenvalue weighted by Crippen LogP contribution is 2.24. The Balaban J connectivity index is 1.87. The fourth-order valence-corrected chi connectivity index (χ4v) is 3.17. The van der Waals surface area contributed by atoms with Crippen LogP contribution in [0.25, 0.3) is 11.0 Å². The Morgan fingerprint density at radius 2 is 2.10 bits per heavy atom. The number of fused-ring (bicyclic) bond motifs is 1. The number of hydrogen-bond acceptors (Lipinski definition) is 4. The molecule has 6 heteroatoms. The summed E-state index contributed by atoms with van der Waals surface area (Å²) in [5.41, 5.74) is 8.99. The highest BCUT2D eigenvalue weighted by atomic mass is 32.2. The molecule has 1 atom stereocenters. The van der Waals surface area contributed by atoms with Crippen LogP contribution in [0.1, 0.15) is 5.56 Å². The van der Waals surface area contributed by atoms with Gasteiger partial charge in [0.15, 0.2) is 0 Å². The first-order chi connectivity index (χ1) is 10.2. The van der Waals surface area contributed by atoms with E-state index >= 15 is 0 Å². The number of nitrogens with two attached hydrogens (primary N) is 1. The lowest BCUT2D eigenvalue weighted by Gasteiger charge is -2.10. The van der Waals surface area contributed by atoms with Crippen LogP contribution in [0.4, 0.5) is 5.69 Å². The Kier molecular flexibility index (Phi) is 3.72. The highest BCUT2D eigenvalue weighted by Gasteiger charge is 2.18. The van der Waals surface area contributed by atoms with Crippen molar-refractivity contribution in [3.05, 3.63) is 48.0 Å². The third-order valence-corrected chi connectivity index (χ3v) is 4.42. The molecule has 21 heavy (non-hydrogen) atoms. The van der Waals surface area contributed by atoms with Crippen molar-refractivity contribution in [1.29, 1.82) is 0 Å². The molecule has 3 aromatic rings. The molecule has 0 amide bonds. The molecule has 0 saturated heterocycles. The molecule has 5 nitrogen and oxygen atoms in total. The smallest absolute Gasteiger partial charge is 0.321 e. The SMILES string of the molecule is COc1ccc(N)c(C[S+]([O-])c2nc3ccccc3[nH]2)c1. The van der Waals surface area contributed by atoms with Gasteiger partial charge in [0, 0.05) is 22.4 Å². The average Bonchev–Trinajstić information content (AvgIpc) is 2.93. The third kappa shape index (κ3) is 2.81. The number of nitrogens with one attached hydrogen (secondary N) is 1. The number of ether oxygens (including phenoxy) is 1. The van der Waals surface area contributed by atoms with Gasteiger partial charge in [-0.25, -0.2) is 0 Å². The van der Waals surface area contributed by atoms with Gasteiger partial charge in [0.05, 0.1) is 18.1 Å². The minimum Gasteiger partial charge on any atom is -0.609 e. The Bertz CT molecular complexity index is 739. The molecule has 1 heterocycles. The van der Waals surface area contributed by atoms with Crippen LogP contribution in [0.3, 0.4) is 0 Å². The number of methoxy groups -OCH3 is 1. The molecular weight excluding hydrogens is 286 g/mol. The van der Waals surface area contributed by atoms with Crippen molar-refractivity contribution in [1.82, 2.24) is 9.97 Å². The predicted molar refractivity (Wildman–Crippen MR) is 83.6 cm³/mol. The number of H-pyrrole nitrogens is 1. The van der Waals surface area contributed by atoms with Gasteiger partial charge >= 0.3 is 5.16 Å². The summed E-state index contributed by atoms with van der Waals surface area (Å²) in [7, 11) is 1.59. The minimum absolute atomic E-state index is 0.294. The van der Waals surface area contributed by atoms with E-state index in [-0.39, 0.29) is 0 Å². The second kappa shape index (κ2) is 5.67. The molecule has 1 aromatic heterocycles. The van der Waals surface area contributed by atoms with E-state index in [4.69, 9.17) is 10.5 Å². The van der Waals surface area contributed by atoms with Gasteiger partial charge in [-0.1, -0.05) is 12.1 Å². The van der Waals surface area contributed by atoms with Gasteiger partial charge in [-0.05, 0) is 30.3 Å². The largest absolute Gasteiger partial charge is 0.609 e. The summed E-state index contributed by atoms with van der Waals surface area (Å²) in [5, 5.41) is 0.457. The third-order valence-electron chi connectivity index (χ3n) is 3.22. The summed E-state index contributed by atoms with van der Waals surface area (Å²) in [5.74, 6) is 0.990. The molecule has 1 unspecified atom stereocenters. The van der Waals surface area contributed by atoms with E-state index < -0.39 is 11.2 Å². The van der Waals surface area contributed by atoms with E-state index in [1.54, 1.807) is 25.3 Å².